The van der Waals surface area contributed by atoms with Crippen LogP contribution < -0.4 is 11.5 Å². The molecule has 0 atom stereocenters. The second-order valence-corrected chi connectivity index (χ2v) is 7.54. The lowest BCUT2D eigenvalue weighted by molar-refractivity contribution is -0.0231. The van der Waals surface area contributed by atoms with E-state index in [9.17, 15) is 0 Å². The topological polar surface area (TPSA) is 122 Å². The highest BCUT2D eigenvalue weighted by molar-refractivity contribution is 5.86. The first-order valence-electron chi connectivity index (χ1n) is 9.75. The number of hydrogen-bond donors (Lipinski definition) is 2. The van der Waals surface area contributed by atoms with Gasteiger partial charge in [0.2, 0.25) is 5.95 Å². The molecule has 0 spiro atoms. The summed E-state index contributed by atoms with van der Waals surface area (Å²) in [4.78, 5) is 8.15. The van der Waals surface area contributed by atoms with Crippen LogP contribution in [0.3, 0.4) is 0 Å². The Kier molecular flexibility index (Phi) is 5.06. The number of aromatic nitrogens is 6. The highest BCUT2D eigenvalue weighted by Gasteiger charge is 2.25. The van der Waals surface area contributed by atoms with Crippen LogP contribution in [0, 0.1) is 0 Å². The van der Waals surface area contributed by atoms with E-state index in [-0.39, 0.29) is 11.5 Å². The number of rotatable bonds is 2. The molecule has 1 saturated carbocycles. The minimum atomic E-state index is 0.134. The van der Waals surface area contributed by atoms with Gasteiger partial charge >= 0.3 is 0 Å². The van der Waals surface area contributed by atoms with Crippen LogP contribution >= 0.6 is 0 Å². The second kappa shape index (κ2) is 7.67. The van der Waals surface area contributed by atoms with Gasteiger partial charge in [0.25, 0.3) is 0 Å². The predicted molar refractivity (Wildman–Crippen MR) is 112 cm³/mol. The number of methoxy groups -OCH3 is 1. The van der Waals surface area contributed by atoms with Gasteiger partial charge in [0.15, 0.2) is 11.5 Å². The molecule has 0 radical (unpaired) electrons. The number of anilines is 2. The lowest BCUT2D eigenvalue weighted by Crippen LogP contribution is -2.29. The van der Waals surface area contributed by atoms with E-state index in [1.165, 1.54) is 32.1 Å². The van der Waals surface area contributed by atoms with Crippen LogP contribution in [0.2, 0.25) is 0 Å². The molecule has 9 nitrogen and oxygen atoms in total. The maximum Gasteiger partial charge on any atom is 0.240 e. The van der Waals surface area contributed by atoms with E-state index in [1.807, 2.05) is 25.3 Å². The smallest absolute Gasteiger partial charge is 0.240 e. The Labute approximate surface area is 168 Å². The third-order valence-electron chi connectivity index (χ3n) is 5.49. The summed E-state index contributed by atoms with van der Waals surface area (Å²) in [6, 6.07) is 5.65. The maximum absolute atomic E-state index is 5.93. The van der Waals surface area contributed by atoms with E-state index in [4.69, 9.17) is 16.2 Å². The normalized spacial score (nSPS) is 15.9. The Morgan fingerprint density at radius 3 is 2.52 bits per heavy atom. The van der Waals surface area contributed by atoms with Crippen molar-refractivity contribution in [2.75, 3.05) is 18.6 Å². The highest BCUT2D eigenvalue weighted by Crippen LogP contribution is 2.30. The van der Waals surface area contributed by atoms with E-state index >= 15 is 0 Å². The first-order chi connectivity index (χ1) is 14.0. The summed E-state index contributed by atoms with van der Waals surface area (Å²) in [5.41, 5.74) is 14.8. The summed E-state index contributed by atoms with van der Waals surface area (Å²) in [5.74, 6) is 0.459. The zero-order valence-electron chi connectivity index (χ0n) is 16.7. The van der Waals surface area contributed by atoms with Crippen LogP contribution in [-0.2, 0) is 4.74 Å². The average Bonchev–Trinajstić information content (AvgIpc) is 3.35. The standard InChI is InChI=1S/C12H10N8.C8H16O/c13-11-10-7(3-5-20(10)18-12(14)16-11)8-1-2-9-15-4-6-19(9)17-8;1-8(9-2)6-4-3-5-7-8/h1-6H,(H4,13,14,16,18);3-7H2,1-2H3. The zero-order chi connectivity index (χ0) is 20.4. The molecule has 4 N–H and O–H groups in total. The van der Waals surface area contributed by atoms with E-state index in [0.717, 1.165) is 16.9 Å². The number of nitrogen functional groups attached to an aromatic ring is 2. The number of hydrogen-bond acceptors (Lipinski definition) is 7. The van der Waals surface area contributed by atoms with Gasteiger partial charge in [0, 0.05) is 31.3 Å². The highest BCUT2D eigenvalue weighted by atomic mass is 16.5. The zero-order valence-corrected chi connectivity index (χ0v) is 16.7. The number of ether oxygens (including phenoxy) is 1. The largest absolute Gasteiger partial charge is 0.382 e. The van der Waals surface area contributed by atoms with E-state index in [0.29, 0.717) is 11.3 Å². The Morgan fingerprint density at radius 1 is 1.00 bits per heavy atom. The van der Waals surface area contributed by atoms with Crippen LogP contribution in [0.5, 0.6) is 0 Å². The van der Waals surface area contributed by atoms with Gasteiger partial charge in [-0.2, -0.15) is 10.1 Å². The minimum Gasteiger partial charge on any atom is -0.382 e. The summed E-state index contributed by atoms with van der Waals surface area (Å²) in [5, 5.41) is 8.58. The van der Waals surface area contributed by atoms with Crippen molar-refractivity contribution in [2.24, 2.45) is 0 Å². The fourth-order valence-corrected chi connectivity index (χ4v) is 3.74. The summed E-state index contributed by atoms with van der Waals surface area (Å²) in [7, 11) is 1.82. The van der Waals surface area contributed by atoms with Gasteiger partial charge in [-0.15, -0.1) is 5.10 Å². The van der Waals surface area contributed by atoms with Crippen molar-refractivity contribution in [1.82, 2.24) is 29.2 Å². The second-order valence-electron chi connectivity index (χ2n) is 7.54. The summed E-state index contributed by atoms with van der Waals surface area (Å²) >= 11 is 0. The van der Waals surface area contributed by atoms with Gasteiger partial charge in [-0.05, 0) is 38.0 Å². The van der Waals surface area contributed by atoms with E-state index < -0.39 is 0 Å². The molecule has 4 aromatic rings. The van der Waals surface area contributed by atoms with Crippen LogP contribution in [-0.4, -0.2) is 41.9 Å². The molecule has 4 aromatic heterocycles. The maximum atomic E-state index is 5.93. The monoisotopic (exact) mass is 394 g/mol. The molecule has 0 aromatic carbocycles. The first-order valence-corrected chi connectivity index (χ1v) is 9.75. The van der Waals surface area contributed by atoms with Gasteiger partial charge in [0.05, 0.1) is 11.3 Å². The molecule has 1 aliphatic carbocycles. The Morgan fingerprint density at radius 2 is 1.79 bits per heavy atom. The lowest BCUT2D eigenvalue weighted by Gasteiger charge is -2.31. The number of nitrogens with zero attached hydrogens (tertiary/aromatic N) is 6. The van der Waals surface area contributed by atoms with Crippen molar-refractivity contribution in [3.8, 4) is 11.3 Å². The predicted octanol–water partition coefficient (Wildman–Crippen LogP) is 2.96. The fraction of sp³-hybridized carbons (Fsp3) is 0.400. The van der Waals surface area contributed by atoms with Crippen LogP contribution in [0.4, 0.5) is 11.8 Å². The molecule has 29 heavy (non-hydrogen) atoms. The molecule has 152 valence electrons. The SMILES string of the molecule is COC1(C)CCCCC1.Nc1nc(N)c2c(-c3ccc4nccn4n3)ccn2n1. The quantitative estimate of drug-likeness (QED) is 0.536. The number of nitrogens with two attached hydrogens (primary N) is 2. The lowest BCUT2D eigenvalue weighted by atomic mass is 9.86. The van der Waals surface area contributed by atoms with Crippen molar-refractivity contribution in [3.63, 3.8) is 0 Å². The van der Waals surface area contributed by atoms with E-state index in [2.05, 4.69) is 27.1 Å². The van der Waals surface area contributed by atoms with Crippen molar-refractivity contribution in [3.05, 3.63) is 36.8 Å². The van der Waals surface area contributed by atoms with Gasteiger partial charge in [0.1, 0.15) is 5.52 Å². The summed E-state index contributed by atoms with van der Waals surface area (Å²) < 4.78 is 8.68. The molecule has 0 unspecified atom stereocenters. The Bertz CT molecular complexity index is 1130. The molecule has 0 aliphatic heterocycles. The van der Waals surface area contributed by atoms with Gasteiger partial charge in [-0.1, -0.05) is 19.3 Å². The fourth-order valence-electron chi connectivity index (χ4n) is 3.74. The molecule has 0 saturated heterocycles. The molecule has 4 heterocycles. The Hall–Kier alpha value is -3.20. The molecule has 9 heteroatoms. The van der Waals surface area contributed by atoms with Gasteiger partial charge in [-0.25, -0.2) is 14.0 Å². The molecule has 1 fully saturated rings. The van der Waals surface area contributed by atoms with Crippen LogP contribution in [0.1, 0.15) is 39.0 Å². The minimum absolute atomic E-state index is 0.134. The molecule has 1 aliphatic rings. The first kappa shape index (κ1) is 19.1. The number of fused-ring (bicyclic) bond motifs is 2. The average molecular weight is 394 g/mol. The third kappa shape index (κ3) is 3.86. The molecule has 0 bridgehead atoms. The number of imidazole rings is 1. The summed E-state index contributed by atoms with van der Waals surface area (Å²) in [6.45, 7) is 2.21. The molecular formula is C20H26N8O. The Balaban J connectivity index is 0.000000192. The van der Waals surface area contributed by atoms with Crippen molar-refractivity contribution in [1.29, 1.82) is 0 Å². The van der Waals surface area contributed by atoms with E-state index in [1.54, 1.807) is 27.6 Å². The van der Waals surface area contributed by atoms with Gasteiger partial charge in [-0.3, -0.25) is 0 Å². The van der Waals surface area contributed by atoms with Gasteiger partial charge < -0.3 is 16.2 Å². The third-order valence-corrected chi connectivity index (χ3v) is 5.49. The molecular weight excluding hydrogens is 368 g/mol. The molecule has 0 amide bonds. The summed E-state index contributed by atoms with van der Waals surface area (Å²) in [6.07, 6.45) is 11.9. The van der Waals surface area contributed by atoms with Crippen LogP contribution in [0.25, 0.3) is 22.4 Å². The molecule has 5 rings (SSSR count). The van der Waals surface area contributed by atoms with Crippen molar-refractivity contribution >= 4 is 22.9 Å². The van der Waals surface area contributed by atoms with Crippen molar-refractivity contribution in [2.45, 2.75) is 44.6 Å². The van der Waals surface area contributed by atoms with Crippen molar-refractivity contribution < 1.29 is 4.74 Å². The van der Waals surface area contributed by atoms with Crippen LogP contribution in [0.15, 0.2) is 36.8 Å².